The molecule has 0 aliphatic rings. The molecule has 0 aromatic carbocycles. The molecule has 52 valence electrons. The van der Waals surface area contributed by atoms with Gasteiger partial charge in [-0.25, -0.2) is 0 Å². The highest BCUT2D eigenvalue weighted by atomic mass is 16.5. The van der Waals surface area contributed by atoms with E-state index < -0.39 is 0 Å². The molecule has 0 spiro atoms. The fourth-order valence-corrected chi connectivity index (χ4v) is 0.520. The summed E-state index contributed by atoms with van der Waals surface area (Å²) in [7, 11) is 0. The molecule has 0 bridgehead atoms. The van der Waals surface area contributed by atoms with Gasteiger partial charge in [-0.3, -0.25) is 4.79 Å². The zero-order valence-electron chi connectivity index (χ0n) is 5.83. The Morgan fingerprint density at radius 3 is 2.78 bits per heavy atom. The van der Waals surface area contributed by atoms with E-state index in [1.54, 1.807) is 6.08 Å². The molecule has 9 heavy (non-hydrogen) atoms. The van der Waals surface area contributed by atoms with Crippen molar-refractivity contribution in [2.45, 2.75) is 20.0 Å². The minimum absolute atomic E-state index is 0.0557. The lowest BCUT2D eigenvalue weighted by atomic mass is 10.3. The fraction of sp³-hybridized carbons (Fsp3) is 0.571. The maximum Gasteiger partial charge on any atom is 0.142 e. The van der Waals surface area contributed by atoms with Crippen LogP contribution in [0.15, 0.2) is 12.2 Å². The van der Waals surface area contributed by atoms with E-state index in [1.807, 2.05) is 13.8 Å². The topological polar surface area (TPSA) is 26.3 Å². The van der Waals surface area contributed by atoms with Gasteiger partial charge in [0, 0.05) is 6.61 Å². The van der Waals surface area contributed by atoms with E-state index in [-0.39, 0.29) is 6.10 Å². The van der Waals surface area contributed by atoms with E-state index in [0.717, 1.165) is 6.29 Å². The highest BCUT2D eigenvalue weighted by Crippen LogP contribution is 1.89. The number of ether oxygens (including phenoxy) is 1. The molecule has 2 heteroatoms. The molecule has 2 nitrogen and oxygen atoms in total. The first-order chi connectivity index (χ1) is 4.31. The van der Waals surface area contributed by atoms with Gasteiger partial charge in [-0.05, 0) is 19.9 Å². The lowest BCUT2D eigenvalue weighted by molar-refractivity contribution is -0.104. The molecule has 0 fully saturated rings. The maximum absolute atomic E-state index is 9.77. The number of carbonyl (C=O) groups is 1. The molecule has 0 amide bonds. The van der Waals surface area contributed by atoms with Gasteiger partial charge in [0.1, 0.15) is 6.29 Å². The van der Waals surface area contributed by atoms with Crippen LogP contribution in [0.1, 0.15) is 13.8 Å². The van der Waals surface area contributed by atoms with Crippen LogP contribution in [0.5, 0.6) is 0 Å². The van der Waals surface area contributed by atoms with Gasteiger partial charge in [-0.2, -0.15) is 0 Å². The normalized spacial score (nSPS) is 14.0. The Hall–Kier alpha value is -0.630. The smallest absolute Gasteiger partial charge is 0.142 e. The molecule has 0 N–H and O–H groups in total. The second kappa shape index (κ2) is 5.51. The summed E-state index contributed by atoms with van der Waals surface area (Å²) in [5, 5.41) is 0. The van der Waals surface area contributed by atoms with Crippen LogP contribution in [0, 0.1) is 0 Å². The summed E-state index contributed by atoms with van der Waals surface area (Å²) in [5.41, 5.74) is 0. The molecule has 1 unspecified atom stereocenters. The number of hydrogen-bond donors (Lipinski definition) is 0. The van der Waals surface area contributed by atoms with Gasteiger partial charge in [-0.1, -0.05) is 6.08 Å². The van der Waals surface area contributed by atoms with Crippen molar-refractivity contribution in [3.8, 4) is 0 Å². The SMILES string of the molecule is CCOC(C)/C=C/C=O. The third-order valence-corrected chi connectivity index (χ3v) is 0.890. The third kappa shape index (κ3) is 5.24. The molecule has 0 heterocycles. The molecule has 0 saturated carbocycles. The van der Waals surface area contributed by atoms with Crippen molar-refractivity contribution in [1.29, 1.82) is 0 Å². The zero-order chi connectivity index (χ0) is 7.11. The highest BCUT2D eigenvalue weighted by Gasteiger charge is 1.90. The predicted molar refractivity (Wildman–Crippen MR) is 36.3 cm³/mol. The Labute approximate surface area is 55.5 Å². The van der Waals surface area contributed by atoms with Crippen LogP contribution >= 0.6 is 0 Å². The fourth-order valence-electron chi connectivity index (χ4n) is 0.520. The molecule has 0 radical (unpaired) electrons. The summed E-state index contributed by atoms with van der Waals surface area (Å²) >= 11 is 0. The van der Waals surface area contributed by atoms with E-state index in [0.29, 0.717) is 6.61 Å². The van der Waals surface area contributed by atoms with Gasteiger partial charge in [0.2, 0.25) is 0 Å². The quantitative estimate of drug-likeness (QED) is 0.419. The van der Waals surface area contributed by atoms with E-state index in [4.69, 9.17) is 4.74 Å². The molecular formula is C7H12O2. The first-order valence-corrected chi connectivity index (χ1v) is 3.04. The molecular weight excluding hydrogens is 116 g/mol. The lowest BCUT2D eigenvalue weighted by Gasteiger charge is -2.03. The molecule has 0 aromatic heterocycles. The van der Waals surface area contributed by atoms with Gasteiger partial charge in [0.25, 0.3) is 0 Å². The van der Waals surface area contributed by atoms with Gasteiger partial charge < -0.3 is 4.74 Å². The summed E-state index contributed by atoms with van der Waals surface area (Å²) in [6.45, 7) is 4.50. The van der Waals surface area contributed by atoms with Gasteiger partial charge in [0.05, 0.1) is 6.10 Å². The van der Waals surface area contributed by atoms with Crippen LogP contribution in [-0.4, -0.2) is 19.0 Å². The second-order valence-electron chi connectivity index (χ2n) is 1.68. The third-order valence-electron chi connectivity index (χ3n) is 0.890. The van der Waals surface area contributed by atoms with E-state index in [9.17, 15) is 4.79 Å². The Morgan fingerprint density at radius 2 is 2.33 bits per heavy atom. The van der Waals surface area contributed by atoms with E-state index >= 15 is 0 Å². The number of hydrogen-bond acceptors (Lipinski definition) is 2. The van der Waals surface area contributed by atoms with Crippen molar-refractivity contribution in [2.24, 2.45) is 0 Å². The van der Waals surface area contributed by atoms with Crippen molar-refractivity contribution in [2.75, 3.05) is 6.61 Å². The monoisotopic (exact) mass is 128 g/mol. The van der Waals surface area contributed by atoms with Crippen molar-refractivity contribution >= 4 is 6.29 Å². The molecule has 0 saturated heterocycles. The number of carbonyl (C=O) groups excluding carboxylic acids is 1. The summed E-state index contributed by atoms with van der Waals surface area (Å²) in [4.78, 5) is 9.77. The van der Waals surface area contributed by atoms with Crippen molar-refractivity contribution in [1.82, 2.24) is 0 Å². The van der Waals surface area contributed by atoms with Crippen LogP contribution in [0.4, 0.5) is 0 Å². The average molecular weight is 128 g/mol. The van der Waals surface area contributed by atoms with E-state index in [2.05, 4.69) is 0 Å². The molecule has 0 rings (SSSR count). The Morgan fingerprint density at radius 1 is 1.67 bits per heavy atom. The summed E-state index contributed by atoms with van der Waals surface area (Å²) in [6, 6.07) is 0. The van der Waals surface area contributed by atoms with Crippen LogP contribution in [-0.2, 0) is 9.53 Å². The average Bonchev–Trinajstić information content (AvgIpc) is 1.85. The van der Waals surface area contributed by atoms with E-state index in [1.165, 1.54) is 6.08 Å². The summed E-state index contributed by atoms with van der Waals surface area (Å²) in [6.07, 6.45) is 3.96. The van der Waals surface area contributed by atoms with Gasteiger partial charge in [-0.15, -0.1) is 0 Å². The van der Waals surface area contributed by atoms with Crippen LogP contribution in [0.25, 0.3) is 0 Å². The standard InChI is InChI=1S/C7H12O2/c1-3-9-7(2)5-4-6-8/h4-7H,3H2,1-2H3/b5-4+. The first-order valence-electron chi connectivity index (χ1n) is 3.04. The molecule has 0 aliphatic carbocycles. The Bertz CT molecular complexity index is 97.1. The Kier molecular flexibility index (Phi) is 5.12. The molecule has 0 aliphatic heterocycles. The summed E-state index contributed by atoms with van der Waals surface area (Å²) in [5.74, 6) is 0. The van der Waals surface area contributed by atoms with Crippen LogP contribution in [0.3, 0.4) is 0 Å². The maximum atomic E-state index is 9.77. The van der Waals surface area contributed by atoms with Crippen LogP contribution < -0.4 is 0 Å². The minimum Gasteiger partial charge on any atom is -0.375 e. The van der Waals surface area contributed by atoms with Crippen molar-refractivity contribution in [3.05, 3.63) is 12.2 Å². The molecule has 1 atom stereocenters. The first kappa shape index (κ1) is 8.37. The van der Waals surface area contributed by atoms with Gasteiger partial charge >= 0.3 is 0 Å². The predicted octanol–water partition coefficient (Wildman–Crippen LogP) is 1.17. The Balaban J connectivity index is 3.35. The number of rotatable bonds is 4. The number of aldehydes is 1. The van der Waals surface area contributed by atoms with Crippen molar-refractivity contribution in [3.63, 3.8) is 0 Å². The van der Waals surface area contributed by atoms with Gasteiger partial charge in [0.15, 0.2) is 0 Å². The summed E-state index contributed by atoms with van der Waals surface area (Å²) < 4.78 is 5.10. The minimum atomic E-state index is 0.0557. The zero-order valence-corrected chi connectivity index (χ0v) is 5.83. The lowest BCUT2D eigenvalue weighted by Crippen LogP contribution is -2.02. The number of allylic oxidation sites excluding steroid dienone is 1. The second-order valence-corrected chi connectivity index (χ2v) is 1.68. The largest absolute Gasteiger partial charge is 0.375 e. The molecule has 0 aromatic rings. The highest BCUT2D eigenvalue weighted by molar-refractivity contribution is 5.64. The van der Waals surface area contributed by atoms with Crippen molar-refractivity contribution < 1.29 is 9.53 Å². The van der Waals surface area contributed by atoms with Crippen LogP contribution in [0.2, 0.25) is 0 Å².